The molecule has 232 valence electrons. The molecule has 0 saturated heterocycles. The van der Waals surface area contributed by atoms with Crippen LogP contribution in [0.25, 0.3) is 26.7 Å². The molecule has 7 aromatic rings. The lowest BCUT2D eigenvalue weighted by Gasteiger charge is -2.11. The number of anilines is 1. The summed E-state index contributed by atoms with van der Waals surface area (Å²) in [5.74, 6) is 1.18. The zero-order valence-electron chi connectivity index (χ0n) is 24.8. The first-order valence-electron chi connectivity index (χ1n) is 14.7. The maximum Gasteiger partial charge on any atom is 0.234 e. The monoisotopic (exact) mass is 735 g/mol. The number of rotatable bonds is 11. The highest BCUT2D eigenvalue weighted by Gasteiger charge is 2.18. The van der Waals surface area contributed by atoms with E-state index in [1.54, 1.807) is 0 Å². The maximum atomic E-state index is 13.1. The van der Waals surface area contributed by atoms with Crippen LogP contribution in [0.5, 0.6) is 0 Å². The Labute approximate surface area is 292 Å². The minimum atomic E-state index is -0.147. The van der Waals surface area contributed by atoms with Crippen molar-refractivity contribution in [2.24, 2.45) is 0 Å². The summed E-state index contributed by atoms with van der Waals surface area (Å²) in [5, 5.41) is 15.1. The van der Waals surface area contributed by atoms with Crippen LogP contribution in [-0.2, 0) is 11.2 Å². The largest absolute Gasteiger partial charge is 0.325 e. The number of aromatic nitrogens is 4. The van der Waals surface area contributed by atoms with Gasteiger partial charge in [-0.25, -0.2) is 4.98 Å². The van der Waals surface area contributed by atoms with E-state index in [9.17, 15) is 9.59 Å². The molecule has 0 fully saturated rings. The van der Waals surface area contributed by atoms with Gasteiger partial charge in [0.25, 0.3) is 0 Å². The lowest BCUT2D eigenvalue weighted by atomic mass is 10.0. The van der Waals surface area contributed by atoms with Crippen molar-refractivity contribution in [3.8, 4) is 5.69 Å². The van der Waals surface area contributed by atoms with Crippen molar-refractivity contribution in [1.29, 1.82) is 0 Å². The Morgan fingerprint density at radius 1 is 0.809 bits per heavy atom. The van der Waals surface area contributed by atoms with Crippen LogP contribution in [0.2, 0.25) is 0 Å². The van der Waals surface area contributed by atoms with Crippen molar-refractivity contribution in [3.05, 3.63) is 137 Å². The first-order chi connectivity index (χ1) is 23.0. The summed E-state index contributed by atoms with van der Waals surface area (Å²) < 4.78 is 4.72. The molecule has 7 nitrogen and oxygen atoms in total. The highest BCUT2D eigenvalue weighted by molar-refractivity contribution is 9.10. The normalized spacial score (nSPS) is 11.3. The van der Waals surface area contributed by atoms with Crippen LogP contribution in [0.15, 0.2) is 129 Å². The zero-order valence-corrected chi connectivity index (χ0v) is 28.8. The smallest absolute Gasteiger partial charge is 0.234 e. The van der Waals surface area contributed by atoms with E-state index >= 15 is 0 Å². The molecule has 5 aromatic carbocycles. The minimum Gasteiger partial charge on any atom is -0.325 e. The van der Waals surface area contributed by atoms with Gasteiger partial charge in [-0.1, -0.05) is 112 Å². The van der Waals surface area contributed by atoms with Crippen LogP contribution < -0.4 is 5.32 Å². The summed E-state index contributed by atoms with van der Waals surface area (Å²) in [6, 6.07) is 37.6. The van der Waals surface area contributed by atoms with E-state index in [0.717, 1.165) is 36.1 Å². The second-order valence-corrected chi connectivity index (χ2v) is 14.7. The van der Waals surface area contributed by atoms with Gasteiger partial charge in [0.1, 0.15) is 5.82 Å². The number of amides is 1. The van der Waals surface area contributed by atoms with Crippen LogP contribution in [0.4, 0.5) is 5.69 Å². The van der Waals surface area contributed by atoms with Crippen molar-refractivity contribution < 1.29 is 9.59 Å². The number of carbonyl (C=O) groups excluding carboxylic acids is 2. The second-order valence-electron chi connectivity index (χ2n) is 10.6. The van der Waals surface area contributed by atoms with Gasteiger partial charge in [-0.15, -0.1) is 21.5 Å². The number of para-hydroxylation sites is 1. The Morgan fingerprint density at radius 2 is 1.60 bits per heavy atom. The zero-order chi connectivity index (χ0) is 32.2. The number of Topliss-reactive ketones (excluding diaryl/α,β-unsaturated/α-hetero) is 1. The average molecular weight is 737 g/mol. The predicted molar refractivity (Wildman–Crippen MR) is 196 cm³/mol. The number of thioether (sulfide) groups is 2. The molecule has 0 aliphatic heterocycles. The quantitative estimate of drug-likeness (QED) is 0.105. The minimum absolute atomic E-state index is 0.0518. The maximum absolute atomic E-state index is 13.1. The van der Waals surface area contributed by atoms with E-state index in [-0.39, 0.29) is 17.4 Å². The van der Waals surface area contributed by atoms with E-state index in [2.05, 4.69) is 66.8 Å². The van der Waals surface area contributed by atoms with Gasteiger partial charge in [0.15, 0.2) is 15.3 Å². The molecule has 0 saturated carbocycles. The summed E-state index contributed by atoms with van der Waals surface area (Å²) in [5.41, 5.74) is 4.30. The van der Waals surface area contributed by atoms with Crippen LogP contribution in [0.1, 0.15) is 21.7 Å². The Hall–Kier alpha value is -4.29. The van der Waals surface area contributed by atoms with Gasteiger partial charge < -0.3 is 5.32 Å². The van der Waals surface area contributed by atoms with Crippen molar-refractivity contribution in [1.82, 2.24) is 19.7 Å². The van der Waals surface area contributed by atoms with Crippen LogP contribution in [0, 0.1) is 0 Å². The molecule has 0 aliphatic rings. The fourth-order valence-corrected chi connectivity index (χ4v) is 8.22. The molecule has 1 amide bonds. The molecule has 11 heteroatoms. The van der Waals surface area contributed by atoms with Crippen LogP contribution in [0.3, 0.4) is 0 Å². The Balaban J connectivity index is 1.02. The van der Waals surface area contributed by atoms with E-state index in [1.165, 1.54) is 45.6 Å². The fraction of sp³-hybridized carbons (Fsp3) is 0.0833. The number of halogens is 1. The third-order valence-corrected chi connectivity index (χ3v) is 11.0. The van der Waals surface area contributed by atoms with Crippen LogP contribution >= 0.6 is 50.8 Å². The second kappa shape index (κ2) is 14.2. The first kappa shape index (κ1) is 31.3. The van der Waals surface area contributed by atoms with Gasteiger partial charge >= 0.3 is 0 Å². The molecule has 1 N–H and O–H groups in total. The fourth-order valence-electron chi connectivity index (χ4n) is 5.18. The van der Waals surface area contributed by atoms with Crippen molar-refractivity contribution in [2.75, 3.05) is 16.8 Å². The SMILES string of the molecule is O=C(CSc1nnc(Cc2cccc3ccccc23)n1-c1ccccc1)Nc1ccc2nc(SCC(=O)c3ccc(Br)cc3)sc2c1. The molecule has 0 aliphatic carbocycles. The number of thiazole rings is 1. The summed E-state index contributed by atoms with van der Waals surface area (Å²) in [4.78, 5) is 30.4. The highest BCUT2D eigenvalue weighted by Crippen LogP contribution is 2.32. The average Bonchev–Trinajstić information content (AvgIpc) is 3.70. The molecule has 47 heavy (non-hydrogen) atoms. The summed E-state index contributed by atoms with van der Waals surface area (Å²) in [7, 11) is 0. The summed E-state index contributed by atoms with van der Waals surface area (Å²) in [6.45, 7) is 0. The number of ketones is 1. The molecule has 0 radical (unpaired) electrons. The Morgan fingerprint density at radius 3 is 2.45 bits per heavy atom. The molecule has 0 atom stereocenters. The Kier molecular flexibility index (Phi) is 9.48. The van der Waals surface area contributed by atoms with Crippen molar-refractivity contribution >= 4 is 89.2 Å². The lowest BCUT2D eigenvalue weighted by Crippen LogP contribution is -2.14. The number of hydrogen-bond donors (Lipinski definition) is 1. The molecule has 0 unspecified atom stereocenters. The Bertz CT molecular complexity index is 2210. The van der Waals surface area contributed by atoms with Crippen molar-refractivity contribution in [3.63, 3.8) is 0 Å². The third-order valence-electron chi connectivity index (χ3n) is 7.42. The van der Waals surface area contributed by atoms with Gasteiger partial charge in [0, 0.05) is 27.8 Å². The molecule has 2 heterocycles. The number of hydrogen-bond acceptors (Lipinski definition) is 8. The number of fused-ring (bicyclic) bond motifs is 2. The number of carbonyl (C=O) groups is 2. The number of benzene rings is 5. The van der Waals surface area contributed by atoms with Gasteiger partial charge in [0.2, 0.25) is 5.91 Å². The molecule has 0 spiro atoms. The van der Waals surface area contributed by atoms with Gasteiger partial charge in [-0.3, -0.25) is 14.2 Å². The van der Waals surface area contributed by atoms with Gasteiger partial charge in [0.05, 0.1) is 21.7 Å². The van der Waals surface area contributed by atoms with E-state index in [0.29, 0.717) is 28.6 Å². The summed E-state index contributed by atoms with van der Waals surface area (Å²) >= 11 is 7.68. The molecular formula is C36H26BrN5O2S3. The van der Waals surface area contributed by atoms with E-state index < -0.39 is 0 Å². The third kappa shape index (κ3) is 7.33. The predicted octanol–water partition coefficient (Wildman–Crippen LogP) is 9.09. The lowest BCUT2D eigenvalue weighted by molar-refractivity contribution is -0.113. The highest BCUT2D eigenvalue weighted by atomic mass is 79.9. The molecule has 2 aromatic heterocycles. The van der Waals surface area contributed by atoms with Crippen molar-refractivity contribution in [2.45, 2.75) is 15.9 Å². The van der Waals surface area contributed by atoms with Crippen LogP contribution in [-0.4, -0.2) is 42.9 Å². The van der Waals surface area contributed by atoms with Gasteiger partial charge in [-0.2, -0.15) is 0 Å². The first-order valence-corrected chi connectivity index (χ1v) is 18.3. The van der Waals surface area contributed by atoms with E-state index in [4.69, 9.17) is 0 Å². The van der Waals surface area contributed by atoms with Gasteiger partial charge in [-0.05, 0) is 58.8 Å². The number of nitrogens with zero attached hydrogens (tertiary/aromatic N) is 4. The van der Waals surface area contributed by atoms with E-state index in [1.807, 2.05) is 89.5 Å². The standard InChI is InChI=1S/C36H26BrN5O2S3/c37-26-15-13-24(14-16-26)31(43)21-46-36-39-30-18-17-27(20-32(30)47-36)38-34(44)22-45-35-41-40-33(42(35)28-10-2-1-3-11-28)19-25-9-6-8-23-7-4-5-12-29(23)25/h1-18,20H,19,21-22H2,(H,38,44). The summed E-state index contributed by atoms with van der Waals surface area (Å²) in [6.07, 6.45) is 0.601. The number of nitrogens with one attached hydrogen (secondary N) is 1. The molecular weight excluding hydrogens is 711 g/mol. The topological polar surface area (TPSA) is 89.8 Å². The molecule has 7 rings (SSSR count). The molecule has 0 bridgehead atoms.